The van der Waals surface area contributed by atoms with Gasteiger partial charge < -0.3 is 19.9 Å². The summed E-state index contributed by atoms with van der Waals surface area (Å²) in [5.74, 6) is 0.992. The third-order valence-corrected chi connectivity index (χ3v) is 5.68. The average molecular weight is 498 g/mol. The molecule has 0 aromatic heterocycles. The smallest absolute Gasteiger partial charge is 0.410 e. The molecule has 1 N–H and O–H groups in total. The van der Waals surface area contributed by atoms with Crippen LogP contribution in [0, 0.1) is 0 Å². The second kappa shape index (κ2) is 8.08. The van der Waals surface area contributed by atoms with E-state index >= 15 is 0 Å². The maximum atomic E-state index is 12.3. The van der Waals surface area contributed by atoms with Crippen LogP contribution in [-0.2, 0) is 10.2 Å². The molecule has 2 heterocycles. The molecule has 1 saturated carbocycles. The fraction of sp³-hybridized carbons (Fsp3) is 0.619. The maximum absolute atomic E-state index is 12.3. The van der Waals surface area contributed by atoms with Gasteiger partial charge >= 0.3 is 6.09 Å². The number of guanidine groups is 1. The van der Waals surface area contributed by atoms with E-state index in [-0.39, 0.29) is 41.5 Å². The van der Waals surface area contributed by atoms with Gasteiger partial charge in [-0.25, -0.2) is 4.79 Å². The van der Waals surface area contributed by atoms with Crippen molar-refractivity contribution in [2.75, 3.05) is 32.7 Å². The first-order valence-electron chi connectivity index (χ1n) is 9.95. The largest absolute Gasteiger partial charge is 0.444 e. The number of aliphatic imine (C=N–C) groups is 1. The molecule has 6 nitrogen and oxygen atoms in total. The van der Waals surface area contributed by atoms with E-state index in [1.54, 1.807) is 0 Å². The second-order valence-electron chi connectivity index (χ2n) is 8.94. The number of amides is 1. The third-order valence-electron chi connectivity index (χ3n) is 5.68. The highest BCUT2D eigenvalue weighted by Crippen LogP contribution is 2.47. The molecule has 3 aliphatic rings. The van der Waals surface area contributed by atoms with Crippen LogP contribution in [0.2, 0.25) is 0 Å². The molecule has 1 aromatic rings. The van der Waals surface area contributed by atoms with Crippen molar-refractivity contribution in [1.29, 1.82) is 0 Å². The molecule has 1 aliphatic carbocycles. The van der Waals surface area contributed by atoms with Crippen molar-refractivity contribution in [2.24, 2.45) is 4.99 Å². The average Bonchev–Trinajstić information content (AvgIpc) is 3.32. The summed E-state index contributed by atoms with van der Waals surface area (Å²) in [6.07, 6.45) is 2.24. The number of carbonyl (C=O) groups is 1. The van der Waals surface area contributed by atoms with Crippen molar-refractivity contribution < 1.29 is 9.53 Å². The van der Waals surface area contributed by atoms with E-state index in [0.717, 1.165) is 25.6 Å². The number of carbonyl (C=O) groups excluding carboxylic acids is 1. The molecule has 1 aromatic carbocycles. The molecule has 0 bridgehead atoms. The van der Waals surface area contributed by atoms with E-state index in [0.29, 0.717) is 13.1 Å². The minimum absolute atomic E-state index is 0. The van der Waals surface area contributed by atoms with Gasteiger partial charge in [-0.2, -0.15) is 0 Å². The summed E-state index contributed by atoms with van der Waals surface area (Å²) < 4.78 is 5.52. The summed E-state index contributed by atoms with van der Waals surface area (Å²) >= 11 is 0. The predicted octanol–water partition coefficient (Wildman–Crippen LogP) is 3.22. The molecule has 2 fully saturated rings. The van der Waals surface area contributed by atoms with Crippen LogP contribution >= 0.6 is 24.0 Å². The molecule has 7 heteroatoms. The van der Waals surface area contributed by atoms with Crippen molar-refractivity contribution in [2.45, 2.75) is 50.7 Å². The van der Waals surface area contributed by atoms with E-state index in [1.165, 1.54) is 18.4 Å². The van der Waals surface area contributed by atoms with Crippen LogP contribution in [0.15, 0.2) is 35.3 Å². The van der Waals surface area contributed by atoms with Crippen molar-refractivity contribution in [3.63, 3.8) is 0 Å². The van der Waals surface area contributed by atoms with Crippen LogP contribution < -0.4 is 5.32 Å². The molecule has 0 spiro atoms. The van der Waals surface area contributed by atoms with Crippen molar-refractivity contribution in [3.8, 4) is 0 Å². The number of piperazine rings is 1. The van der Waals surface area contributed by atoms with Crippen LogP contribution in [0.5, 0.6) is 0 Å². The van der Waals surface area contributed by atoms with Gasteiger partial charge in [0.1, 0.15) is 5.60 Å². The van der Waals surface area contributed by atoms with Crippen LogP contribution in [0.25, 0.3) is 0 Å². The van der Waals surface area contributed by atoms with E-state index in [1.807, 2.05) is 25.7 Å². The lowest BCUT2D eigenvalue weighted by molar-refractivity contribution is 0.0137. The number of benzene rings is 1. The SMILES string of the molecule is CC(C)(C)OC(=O)N1CCN2C(NCC3(c4ccccc4)CC3)=NCC2C1.I. The molecule has 28 heavy (non-hydrogen) atoms. The summed E-state index contributed by atoms with van der Waals surface area (Å²) in [6, 6.07) is 11.0. The van der Waals surface area contributed by atoms with E-state index < -0.39 is 5.60 Å². The monoisotopic (exact) mass is 498 g/mol. The maximum Gasteiger partial charge on any atom is 0.410 e. The van der Waals surface area contributed by atoms with Crippen molar-refractivity contribution >= 4 is 36.0 Å². The number of fused-ring (bicyclic) bond motifs is 1. The highest BCUT2D eigenvalue weighted by molar-refractivity contribution is 14.0. The van der Waals surface area contributed by atoms with Gasteiger partial charge in [-0.05, 0) is 39.2 Å². The standard InChI is InChI=1S/C21H30N4O2.HI/c1-20(2,3)27-19(26)24-11-12-25-17(14-24)13-22-18(25)23-15-21(9-10-21)16-7-5-4-6-8-16;/h4-8,17H,9-15H2,1-3H3,(H,22,23);1H. The highest BCUT2D eigenvalue weighted by atomic mass is 127. The van der Waals surface area contributed by atoms with Crippen molar-refractivity contribution in [3.05, 3.63) is 35.9 Å². The molecule has 1 saturated heterocycles. The molecule has 4 rings (SSSR count). The van der Waals surface area contributed by atoms with Crippen LogP contribution in [0.4, 0.5) is 4.79 Å². The van der Waals surface area contributed by atoms with Gasteiger partial charge in [-0.3, -0.25) is 4.99 Å². The minimum Gasteiger partial charge on any atom is -0.444 e. The molecule has 1 amide bonds. The number of hydrogen-bond acceptors (Lipinski definition) is 5. The summed E-state index contributed by atoms with van der Waals surface area (Å²) in [6.45, 7) is 9.53. The lowest BCUT2D eigenvalue weighted by Crippen LogP contribution is -2.58. The fourth-order valence-corrected chi connectivity index (χ4v) is 3.98. The first-order chi connectivity index (χ1) is 12.9. The zero-order chi connectivity index (χ0) is 19.1. The Balaban J connectivity index is 0.00000225. The molecule has 1 atom stereocenters. The lowest BCUT2D eigenvalue weighted by atomic mass is 9.96. The van der Waals surface area contributed by atoms with Gasteiger partial charge in [0, 0.05) is 31.6 Å². The Kier molecular flexibility index (Phi) is 6.12. The third kappa shape index (κ3) is 4.55. The van der Waals surface area contributed by atoms with Gasteiger partial charge in [-0.1, -0.05) is 30.3 Å². The van der Waals surface area contributed by atoms with Gasteiger partial charge in [0.2, 0.25) is 0 Å². The van der Waals surface area contributed by atoms with Crippen LogP contribution in [-0.4, -0.2) is 66.2 Å². The number of nitrogens with one attached hydrogen (secondary N) is 1. The van der Waals surface area contributed by atoms with Gasteiger partial charge in [-0.15, -0.1) is 24.0 Å². The normalized spacial score (nSPS) is 22.7. The van der Waals surface area contributed by atoms with Gasteiger partial charge in [0.25, 0.3) is 0 Å². The summed E-state index contributed by atoms with van der Waals surface area (Å²) in [5.41, 5.74) is 1.23. The lowest BCUT2D eigenvalue weighted by Gasteiger charge is -2.39. The van der Waals surface area contributed by atoms with Crippen molar-refractivity contribution in [1.82, 2.24) is 15.1 Å². The fourth-order valence-electron chi connectivity index (χ4n) is 3.98. The minimum atomic E-state index is -0.455. The zero-order valence-corrected chi connectivity index (χ0v) is 19.3. The Morgan fingerprint density at radius 2 is 1.96 bits per heavy atom. The molecule has 154 valence electrons. The molecule has 2 aliphatic heterocycles. The summed E-state index contributed by atoms with van der Waals surface area (Å²) in [4.78, 5) is 21.2. The first kappa shape index (κ1) is 21.2. The predicted molar refractivity (Wildman–Crippen MR) is 121 cm³/mol. The topological polar surface area (TPSA) is 57.2 Å². The zero-order valence-electron chi connectivity index (χ0n) is 17.0. The number of ether oxygens (including phenoxy) is 1. The number of halogens is 1. The quantitative estimate of drug-likeness (QED) is 0.651. The first-order valence-corrected chi connectivity index (χ1v) is 9.95. The molecule has 0 radical (unpaired) electrons. The van der Waals surface area contributed by atoms with Crippen LogP contribution in [0.3, 0.4) is 0 Å². The number of nitrogens with zero attached hydrogens (tertiary/aromatic N) is 3. The summed E-state index contributed by atoms with van der Waals surface area (Å²) in [7, 11) is 0. The Labute approximate surface area is 184 Å². The van der Waals surface area contributed by atoms with Gasteiger partial charge in [0.05, 0.1) is 12.6 Å². The van der Waals surface area contributed by atoms with Crippen LogP contribution in [0.1, 0.15) is 39.2 Å². The number of rotatable bonds is 3. The second-order valence-corrected chi connectivity index (χ2v) is 8.94. The Morgan fingerprint density at radius 1 is 1.25 bits per heavy atom. The Morgan fingerprint density at radius 3 is 2.61 bits per heavy atom. The van der Waals surface area contributed by atoms with E-state index in [2.05, 4.69) is 40.5 Å². The molecule has 1 unspecified atom stereocenters. The highest BCUT2D eigenvalue weighted by Gasteiger charge is 2.45. The molecular formula is C21H31IN4O2. The van der Waals surface area contributed by atoms with E-state index in [4.69, 9.17) is 9.73 Å². The number of hydrogen-bond donors (Lipinski definition) is 1. The summed E-state index contributed by atoms with van der Waals surface area (Å²) in [5, 5.41) is 3.61. The Hall–Kier alpha value is -1.51. The Bertz CT molecular complexity index is 728. The molecular weight excluding hydrogens is 467 g/mol. The van der Waals surface area contributed by atoms with Gasteiger partial charge in [0.15, 0.2) is 5.96 Å². The van der Waals surface area contributed by atoms with E-state index in [9.17, 15) is 4.79 Å².